The number of nitrogens with zero attached hydrogens (tertiary/aromatic N) is 3. The van der Waals surface area contributed by atoms with Crippen LogP contribution in [0.1, 0.15) is 10.4 Å². The van der Waals surface area contributed by atoms with E-state index in [9.17, 15) is 13.6 Å². The molecular formula is C17H14F2N4O. The van der Waals surface area contributed by atoms with Crippen LogP contribution in [0.4, 0.5) is 8.78 Å². The summed E-state index contributed by atoms with van der Waals surface area (Å²) in [4.78, 5) is 16.1. The van der Waals surface area contributed by atoms with Gasteiger partial charge in [-0.3, -0.25) is 14.5 Å². The van der Waals surface area contributed by atoms with E-state index in [0.29, 0.717) is 12.6 Å². The molecule has 24 heavy (non-hydrogen) atoms. The summed E-state index contributed by atoms with van der Waals surface area (Å²) in [6, 6.07) is 10.2. The zero-order chi connectivity index (χ0) is 16.9. The van der Waals surface area contributed by atoms with Crippen LogP contribution >= 0.6 is 0 Å². The van der Waals surface area contributed by atoms with Gasteiger partial charge in [-0.05, 0) is 30.3 Å². The highest BCUT2D eigenvalue weighted by Crippen LogP contribution is 2.12. The highest BCUT2D eigenvalue weighted by Gasteiger charge is 2.12. The summed E-state index contributed by atoms with van der Waals surface area (Å²) in [5, 5.41) is 6.94. The number of hydrogen-bond acceptors (Lipinski definition) is 3. The summed E-state index contributed by atoms with van der Waals surface area (Å²) in [6.45, 7) is 0.681. The highest BCUT2D eigenvalue weighted by atomic mass is 19.1. The molecule has 0 bridgehead atoms. The fourth-order valence-corrected chi connectivity index (χ4v) is 2.19. The topological polar surface area (TPSA) is 59.8 Å². The van der Waals surface area contributed by atoms with Crippen LogP contribution < -0.4 is 5.32 Å². The van der Waals surface area contributed by atoms with Gasteiger partial charge < -0.3 is 5.32 Å². The number of carbonyl (C=O) groups excluding carboxylic acids is 1. The Bertz CT molecular complexity index is 849. The van der Waals surface area contributed by atoms with Crippen molar-refractivity contribution in [3.8, 4) is 11.4 Å². The molecule has 0 unspecified atom stereocenters. The van der Waals surface area contributed by atoms with Crippen molar-refractivity contribution in [2.75, 3.05) is 6.54 Å². The molecule has 7 heteroatoms. The van der Waals surface area contributed by atoms with Crippen molar-refractivity contribution in [2.45, 2.75) is 6.54 Å². The number of rotatable bonds is 5. The van der Waals surface area contributed by atoms with Crippen LogP contribution in [-0.2, 0) is 6.54 Å². The second-order valence-corrected chi connectivity index (χ2v) is 5.06. The third kappa shape index (κ3) is 3.62. The summed E-state index contributed by atoms with van der Waals surface area (Å²) in [5.41, 5.74) is 1.30. The maximum atomic E-state index is 13.5. The average molecular weight is 328 g/mol. The Balaban J connectivity index is 1.57. The van der Waals surface area contributed by atoms with Gasteiger partial charge in [0.15, 0.2) is 0 Å². The molecular weight excluding hydrogens is 314 g/mol. The first-order chi connectivity index (χ1) is 11.6. The van der Waals surface area contributed by atoms with Crippen molar-refractivity contribution in [1.82, 2.24) is 20.1 Å². The molecule has 1 N–H and O–H groups in total. The SMILES string of the molecule is O=C(NCCn1ccc(-c2ccccn2)n1)c1ccc(F)cc1F. The van der Waals surface area contributed by atoms with Crippen molar-refractivity contribution in [3.05, 3.63) is 72.1 Å². The molecule has 0 aliphatic rings. The molecule has 0 atom stereocenters. The predicted octanol–water partition coefficient (Wildman–Crippen LogP) is 2.65. The molecule has 3 aromatic rings. The van der Waals surface area contributed by atoms with Crippen molar-refractivity contribution in [1.29, 1.82) is 0 Å². The zero-order valence-corrected chi connectivity index (χ0v) is 12.6. The highest BCUT2D eigenvalue weighted by molar-refractivity contribution is 5.94. The Morgan fingerprint density at radius 2 is 2.00 bits per heavy atom. The molecule has 0 saturated heterocycles. The Labute approximate surface area is 137 Å². The maximum Gasteiger partial charge on any atom is 0.254 e. The number of benzene rings is 1. The number of aromatic nitrogens is 3. The van der Waals surface area contributed by atoms with Crippen molar-refractivity contribution in [2.24, 2.45) is 0 Å². The summed E-state index contributed by atoms with van der Waals surface area (Å²) in [7, 11) is 0. The fourth-order valence-electron chi connectivity index (χ4n) is 2.19. The molecule has 2 aromatic heterocycles. The number of halogens is 2. The monoisotopic (exact) mass is 328 g/mol. The van der Waals surface area contributed by atoms with Gasteiger partial charge in [-0.1, -0.05) is 6.07 Å². The summed E-state index contributed by atoms with van der Waals surface area (Å²) >= 11 is 0. The maximum absolute atomic E-state index is 13.5. The van der Waals surface area contributed by atoms with Crippen LogP contribution in [0.2, 0.25) is 0 Å². The molecule has 0 saturated carbocycles. The van der Waals surface area contributed by atoms with E-state index in [4.69, 9.17) is 0 Å². The Morgan fingerprint density at radius 3 is 2.75 bits per heavy atom. The summed E-state index contributed by atoms with van der Waals surface area (Å²) in [6.07, 6.45) is 3.46. The van der Waals surface area contributed by atoms with Crippen LogP contribution in [0.25, 0.3) is 11.4 Å². The van der Waals surface area contributed by atoms with Gasteiger partial charge in [-0.25, -0.2) is 8.78 Å². The van der Waals surface area contributed by atoms with E-state index < -0.39 is 17.5 Å². The van der Waals surface area contributed by atoms with Gasteiger partial charge in [0.05, 0.1) is 17.8 Å². The van der Waals surface area contributed by atoms with E-state index in [1.807, 2.05) is 24.3 Å². The first kappa shape index (κ1) is 15.8. The van der Waals surface area contributed by atoms with E-state index in [-0.39, 0.29) is 12.1 Å². The minimum Gasteiger partial charge on any atom is -0.350 e. The summed E-state index contributed by atoms with van der Waals surface area (Å²) < 4.78 is 28.0. The van der Waals surface area contributed by atoms with E-state index in [2.05, 4.69) is 15.4 Å². The van der Waals surface area contributed by atoms with Crippen molar-refractivity contribution in [3.63, 3.8) is 0 Å². The molecule has 3 rings (SSSR count). The van der Waals surface area contributed by atoms with Crippen molar-refractivity contribution < 1.29 is 13.6 Å². The molecule has 0 aliphatic carbocycles. The molecule has 0 aliphatic heterocycles. The fraction of sp³-hybridized carbons (Fsp3) is 0.118. The van der Waals surface area contributed by atoms with E-state index in [1.165, 1.54) is 0 Å². The van der Waals surface area contributed by atoms with E-state index >= 15 is 0 Å². The van der Waals surface area contributed by atoms with Crippen LogP contribution in [0.15, 0.2) is 54.9 Å². The third-order valence-electron chi connectivity index (χ3n) is 3.37. The molecule has 2 heterocycles. The molecule has 1 amide bonds. The second-order valence-electron chi connectivity index (χ2n) is 5.06. The van der Waals surface area contributed by atoms with Crippen LogP contribution in [0.3, 0.4) is 0 Å². The zero-order valence-electron chi connectivity index (χ0n) is 12.6. The quantitative estimate of drug-likeness (QED) is 0.783. The number of carbonyl (C=O) groups is 1. The van der Waals surface area contributed by atoms with Gasteiger partial charge in [0, 0.05) is 25.0 Å². The number of pyridine rings is 1. The standard InChI is InChI=1S/C17H14F2N4O/c18-12-4-5-13(14(19)11-12)17(24)21-8-10-23-9-6-16(22-23)15-3-1-2-7-20-15/h1-7,9,11H,8,10H2,(H,21,24). The molecule has 0 fully saturated rings. The smallest absolute Gasteiger partial charge is 0.254 e. The van der Waals surface area contributed by atoms with E-state index in [1.54, 1.807) is 17.1 Å². The Kier molecular flexibility index (Phi) is 4.60. The lowest BCUT2D eigenvalue weighted by Gasteiger charge is -2.06. The minimum absolute atomic E-state index is 0.189. The predicted molar refractivity (Wildman–Crippen MR) is 84.1 cm³/mol. The normalized spacial score (nSPS) is 10.6. The van der Waals surface area contributed by atoms with Gasteiger partial charge >= 0.3 is 0 Å². The molecule has 0 radical (unpaired) electrons. The van der Waals surface area contributed by atoms with Gasteiger partial charge in [0.25, 0.3) is 5.91 Å². The van der Waals surface area contributed by atoms with E-state index in [0.717, 1.165) is 23.5 Å². The first-order valence-corrected chi connectivity index (χ1v) is 7.31. The van der Waals surface area contributed by atoms with Crippen LogP contribution in [0.5, 0.6) is 0 Å². The number of hydrogen-bond donors (Lipinski definition) is 1. The van der Waals surface area contributed by atoms with Gasteiger partial charge in [0.1, 0.15) is 17.3 Å². The van der Waals surface area contributed by atoms with Gasteiger partial charge in [0.2, 0.25) is 0 Å². The van der Waals surface area contributed by atoms with Crippen LogP contribution in [-0.4, -0.2) is 27.2 Å². The van der Waals surface area contributed by atoms with Gasteiger partial charge in [-0.2, -0.15) is 5.10 Å². The number of nitrogens with one attached hydrogen (secondary N) is 1. The molecule has 0 spiro atoms. The lowest BCUT2D eigenvalue weighted by atomic mass is 10.2. The number of amides is 1. The average Bonchev–Trinajstić information content (AvgIpc) is 3.04. The van der Waals surface area contributed by atoms with Crippen LogP contribution in [0, 0.1) is 11.6 Å². The van der Waals surface area contributed by atoms with Gasteiger partial charge in [-0.15, -0.1) is 0 Å². The lowest BCUT2D eigenvalue weighted by Crippen LogP contribution is -2.28. The first-order valence-electron chi connectivity index (χ1n) is 7.31. The largest absolute Gasteiger partial charge is 0.350 e. The third-order valence-corrected chi connectivity index (χ3v) is 3.37. The minimum atomic E-state index is -0.885. The second kappa shape index (κ2) is 6.99. The molecule has 1 aromatic carbocycles. The Morgan fingerprint density at radius 1 is 1.12 bits per heavy atom. The van der Waals surface area contributed by atoms with Crippen molar-refractivity contribution >= 4 is 5.91 Å². The Hall–Kier alpha value is -3.09. The summed E-state index contributed by atoms with van der Waals surface area (Å²) in [5.74, 6) is -2.20. The molecule has 5 nitrogen and oxygen atoms in total. The molecule has 122 valence electrons. The lowest BCUT2D eigenvalue weighted by molar-refractivity contribution is 0.0948.